The summed E-state index contributed by atoms with van der Waals surface area (Å²) in [6, 6.07) is 22.1. The van der Waals surface area contributed by atoms with E-state index in [1.807, 2.05) is 18.2 Å². The van der Waals surface area contributed by atoms with Gasteiger partial charge in [0.25, 0.3) is 0 Å². The average molecular weight is 372 g/mol. The van der Waals surface area contributed by atoms with Gasteiger partial charge in [0.05, 0.1) is 18.1 Å². The summed E-state index contributed by atoms with van der Waals surface area (Å²) in [6.45, 7) is 0. The number of hydrogen-bond donors (Lipinski definition) is 0. The van der Waals surface area contributed by atoms with Crippen LogP contribution in [0.25, 0.3) is 22.3 Å². The van der Waals surface area contributed by atoms with Gasteiger partial charge in [-0.05, 0) is 54.6 Å². The molecule has 0 atom stereocenters. The molecule has 138 valence electrons. The molecule has 0 N–H and O–H groups in total. The maximum atomic E-state index is 12.6. The molecular weight excluding hydrogens is 356 g/mol. The molecule has 3 aromatic carbocycles. The van der Waals surface area contributed by atoms with E-state index in [9.17, 15) is 9.59 Å². The maximum absolute atomic E-state index is 12.6. The van der Waals surface area contributed by atoms with Gasteiger partial charge in [-0.25, -0.2) is 4.79 Å². The zero-order valence-corrected chi connectivity index (χ0v) is 15.0. The molecule has 28 heavy (non-hydrogen) atoms. The largest absolute Gasteiger partial charge is 0.497 e. The van der Waals surface area contributed by atoms with E-state index in [1.54, 1.807) is 55.6 Å². The van der Waals surface area contributed by atoms with E-state index < -0.39 is 5.97 Å². The summed E-state index contributed by atoms with van der Waals surface area (Å²) in [5, 5.41) is 0.343. The SMILES string of the molecule is COc1ccc(-c2cc(=O)c3cc(OC(=O)c4ccccc4)ccc3o2)cc1. The number of carbonyl (C=O) groups is 1. The van der Waals surface area contributed by atoms with Crippen LogP contribution in [-0.4, -0.2) is 13.1 Å². The van der Waals surface area contributed by atoms with Crippen molar-refractivity contribution in [1.82, 2.24) is 0 Å². The van der Waals surface area contributed by atoms with E-state index >= 15 is 0 Å². The van der Waals surface area contributed by atoms with Crippen LogP contribution in [0.4, 0.5) is 0 Å². The van der Waals surface area contributed by atoms with E-state index in [0.717, 1.165) is 11.3 Å². The van der Waals surface area contributed by atoms with Gasteiger partial charge in [0.2, 0.25) is 0 Å². The van der Waals surface area contributed by atoms with Crippen molar-refractivity contribution >= 4 is 16.9 Å². The Kier molecular flexibility index (Phi) is 4.64. The molecule has 0 bridgehead atoms. The number of hydrogen-bond acceptors (Lipinski definition) is 5. The molecular formula is C23H16O5. The number of esters is 1. The predicted octanol–water partition coefficient (Wildman–Crippen LogP) is 4.69. The van der Waals surface area contributed by atoms with Crippen LogP contribution in [0, 0.1) is 0 Å². The van der Waals surface area contributed by atoms with Gasteiger partial charge < -0.3 is 13.9 Å². The van der Waals surface area contributed by atoms with Crippen LogP contribution in [0.15, 0.2) is 88.1 Å². The topological polar surface area (TPSA) is 65.7 Å². The molecule has 0 aliphatic rings. The highest BCUT2D eigenvalue weighted by molar-refractivity contribution is 5.91. The van der Waals surface area contributed by atoms with Gasteiger partial charge in [-0.2, -0.15) is 0 Å². The summed E-state index contributed by atoms with van der Waals surface area (Å²) >= 11 is 0. The first-order valence-electron chi connectivity index (χ1n) is 8.63. The van der Waals surface area contributed by atoms with Crippen molar-refractivity contribution in [2.75, 3.05) is 7.11 Å². The number of rotatable bonds is 4. The zero-order chi connectivity index (χ0) is 19.5. The Hall–Kier alpha value is -3.86. The van der Waals surface area contributed by atoms with E-state index in [4.69, 9.17) is 13.9 Å². The molecule has 0 saturated heterocycles. The van der Waals surface area contributed by atoms with Crippen molar-refractivity contribution in [2.45, 2.75) is 0 Å². The summed E-state index contributed by atoms with van der Waals surface area (Å²) in [4.78, 5) is 24.8. The molecule has 5 nitrogen and oxygen atoms in total. The van der Waals surface area contributed by atoms with Gasteiger partial charge in [-0.15, -0.1) is 0 Å². The minimum absolute atomic E-state index is 0.218. The summed E-state index contributed by atoms with van der Waals surface area (Å²) in [7, 11) is 1.59. The standard InChI is InChI=1S/C23H16O5/c1-26-17-9-7-15(8-10-17)22-14-20(24)19-13-18(11-12-21(19)28-22)27-23(25)16-5-3-2-4-6-16/h2-14H,1H3. The van der Waals surface area contributed by atoms with Gasteiger partial charge in [-0.1, -0.05) is 18.2 Å². The first-order valence-corrected chi connectivity index (χ1v) is 8.63. The number of fused-ring (bicyclic) bond motifs is 1. The van der Waals surface area contributed by atoms with E-state index in [1.165, 1.54) is 12.1 Å². The third kappa shape index (κ3) is 3.50. The smallest absolute Gasteiger partial charge is 0.343 e. The molecule has 0 spiro atoms. The van der Waals surface area contributed by atoms with E-state index in [2.05, 4.69) is 0 Å². The van der Waals surface area contributed by atoms with Crippen LogP contribution in [0.5, 0.6) is 11.5 Å². The molecule has 0 saturated carbocycles. The summed E-state index contributed by atoms with van der Waals surface area (Å²) in [5.74, 6) is 0.969. The number of ether oxygens (including phenoxy) is 2. The summed E-state index contributed by atoms with van der Waals surface area (Å²) < 4.78 is 16.4. The predicted molar refractivity (Wildman–Crippen MR) is 106 cm³/mol. The second-order valence-corrected chi connectivity index (χ2v) is 6.12. The normalized spacial score (nSPS) is 10.6. The molecule has 0 fully saturated rings. The highest BCUT2D eigenvalue weighted by Crippen LogP contribution is 2.26. The molecule has 4 rings (SSSR count). The van der Waals surface area contributed by atoms with Crippen LogP contribution in [0.2, 0.25) is 0 Å². The fourth-order valence-electron chi connectivity index (χ4n) is 2.84. The van der Waals surface area contributed by atoms with Crippen molar-refractivity contribution in [3.05, 3.63) is 94.6 Å². The molecule has 0 amide bonds. The molecule has 1 heterocycles. The lowest BCUT2D eigenvalue weighted by molar-refractivity contribution is 0.0735. The lowest BCUT2D eigenvalue weighted by Gasteiger charge is -2.07. The van der Waals surface area contributed by atoms with Crippen LogP contribution in [0.3, 0.4) is 0 Å². The molecule has 1 aromatic heterocycles. The Morgan fingerprint density at radius 1 is 0.857 bits per heavy atom. The van der Waals surface area contributed by atoms with Gasteiger partial charge in [0.1, 0.15) is 22.8 Å². The van der Waals surface area contributed by atoms with E-state index in [-0.39, 0.29) is 11.2 Å². The van der Waals surface area contributed by atoms with Gasteiger partial charge >= 0.3 is 5.97 Å². The van der Waals surface area contributed by atoms with Gasteiger partial charge in [-0.3, -0.25) is 4.79 Å². The Morgan fingerprint density at radius 3 is 2.29 bits per heavy atom. The second-order valence-electron chi connectivity index (χ2n) is 6.12. The van der Waals surface area contributed by atoms with Crippen molar-refractivity contribution < 1.29 is 18.7 Å². The van der Waals surface area contributed by atoms with Crippen LogP contribution < -0.4 is 14.9 Å². The van der Waals surface area contributed by atoms with Crippen molar-refractivity contribution in [2.24, 2.45) is 0 Å². The lowest BCUT2D eigenvalue weighted by atomic mass is 10.1. The Bertz CT molecular complexity index is 1190. The minimum atomic E-state index is -0.487. The van der Waals surface area contributed by atoms with Crippen LogP contribution >= 0.6 is 0 Å². The lowest BCUT2D eigenvalue weighted by Crippen LogP contribution is -2.08. The Morgan fingerprint density at radius 2 is 1.57 bits per heavy atom. The summed E-state index contributed by atoms with van der Waals surface area (Å²) in [5.41, 5.74) is 1.39. The monoisotopic (exact) mass is 372 g/mol. The number of methoxy groups -OCH3 is 1. The average Bonchev–Trinajstić information content (AvgIpc) is 2.74. The first kappa shape index (κ1) is 17.5. The Balaban J connectivity index is 1.66. The fraction of sp³-hybridized carbons (Fsp3) is 0.0435. The summed E-state index contributed by atoms with van der Waals surface area (Å²) in [6.07, 6.45) is 0. The minimum Gasteiger partial charge on any atom is -0.497 e. The van der Waals surface area contributed by atoms with Crippen LogP contribution in [-0.2, 0) is 0 Å². The highest BCUT2D eigenvalue weighted by atomic mass is 16.5. The molecule has 5 heteroatoms. The van der Waals surface area contributed by atoms with Crippen molar-refractivity contribution in [3.63, 3.8) is 0 Å². The van der Waals surface area contributed by atoms with Crippen molar-refractivity contribution in [1.29, 1.82) is 0 Å². The van der Waals surface area contributed by atoms with Gasteiger partial charge in [0.15, 0.2) is 5.43 Å². The number of benzene rings is 3. The molecule has 0 radical (unpaired) electrons. The highest BCUT2D eigenvalue weighted by Gasteiger charge is 2.12. The molecule has 0 unspecified atom stereocenters. The third-order valence-electron chi connectivity index (χ3n) is 4.29. The van der Waals surface area contributed by atoms with Crippen LogP contribution in [0.1, 0.15) is 10.4 Å². The Labute approximate surface area is 160 Å². The quantitative estimate of drug-likeness (QED) is 0.384. The number of carbonyl (C=O) groups excluding carboxylic acids is 1. The first-order chi connectivity index (χ1) is 13.6. The zero-order valence-electron chi connectivity index (χ0n) is 15.0. The maximum Gasteiger partial charge on any atom is 0.343 e. The molecule has 0 aliphatic carbocycles. The second kappa shape index (κ2) is 7.40. The molecule has 0 aliphatic heterocycles. The fourth-order valence-corrected chi connectivity index (χ4v) is 2.84. The van der Waals surface area contributed by atoms with Crippen molar-refractivity contribution in [3.8, 4) is 22.8 Å². The third-order valence-corrected chi connectivity index (χ3v) is 4.29. The van der Waals surface area contributed by atoms with E-state index in [0.29, 0.717) is 22.3 Å². The van der Waals surface area contributed by atoms with Gasteiger partial charge in [0, 0.05) is 11.6 Å². The molecule has 4 aromatic rings.